The predicted octanol–water partition coefficient (Wildman–Crippen LogP) is 4.35. The van der Waals surface area contributed by atoms with Gasteiger partial charge >= 0.3 is 6.03 Å². The molecule has 2 amide bonds. The molecule has 0 aromatic carbocycles. The van der Waals surface area contributed by atoms with Gasteiger partial charge in [-0.3, -0.25) is 9.88 Å². The summed E-state index contributed by atoms with van der Waals surface area (Å²) < 4.78 is 5.49. The summed E-state index contributed by atoms with van der Waals surface area (Å²) in [6.45, 7) is 7.31. The minimum atomic E-state index is 0.140. The average molecular weight is 469 g/mol. The number of hydrogen-bond acceptors (Lipinski definition) is 4. The second-order valence-electron chi connectivity index (χ2n) is 11.7. The average Bonchev–Trinajstić information content (AvgIpc) is 2.84. The molecule has 0 unspecified atom stereocenters. The Bertz CT molecular complexity index is 745. The molecule has 0 spiro atoms. The normalized spacial score (nSPS) is 30.4. The molecule has 0 atom stereocenters. The summed E-state index contributed by atoms with van der Waals surface area (Å²) in [5.74, 6) is 2.93. The van der Waals surface area contributed by atoms with E-state index in [1.54, 1.807) is 0 Å². The minimum absolute atomic E-state index is 0.140. The van der Waals surface area contributed by atoms with Crippen molar-refractivity contribution in [3.8, 4) is 0 Å². The molecule has 2 heterocycles. The Hall–Kier alpha value is -1.66. The van der Waals surface area contributed by atoms with Crippen molar-refractivity contribution in [3.05, 3.63) is 30.1 Å². The number of nitrogens with zero attached hydrogens (tertiary/aromatic N) is 3. The molecule has 4 saturated carbocycles. The first kappa shape index (κ1) is 24.1. The zero-order valence-electron chi connectivity index (χ0n) is 20.9. The molecule has 6 nitrogen and oxygen atoms in total. The van der Waals surface area contributed by atoms with Gasteiger partial charge in [-0.25, -0.2) is 4.79 Å². The second kappa shape index (κ2) is 11.4. The van der Waals surface area contributed by atoms with Crippen LogP contribution in [0.5, 0.6) is 0 Å². The summed E-state index contributed by atoms with van der Waals surface area (Å²) in [6.07, 6.45) is 16.6. The number of aryl methyl sites for hydroxylation is 1. The smallest absolute Gasteiger partial charge is 0.317 e. The number of carbonyl (C=O) groups is 1. The molecule has 4 bridgehead atoms. The monoisotopic (exact) mass is 468 g/mol. The molecule has 5 aliphatic rings. The zero-order valence-corrected chi connectivity index (χ0v) is 20.9. The Labute approximate surface area is 205 Å². The fourth-order valence-electron chi connectivity index (χ4n) is 7.74. The van der Waals surface area contributed by atoms with Crippen LogP contribution in [0.4, 0.5) is 4.79 Å². The molecule has 4 aliphatic carbocycles. The first-order valence-corrected chi connectivity index (χ1v) is 13.9. The molecule has 34 heavy (non-hydrogen) atoms. The number of pyridine rings is 1. The van der Waals surface area contributed by atoms with E-state index in [0.717, 1.165) is 89.5 Å². The molecule has 0 radical (unpaired) electrons. The van der Waals surface area contributed by atoms with E-state index in [2.05, 4.69) is 32.2 Å². The maximum absolute atomic E-state index is 13.2. The molecule has 5 fully saturated rings. The highest BCUT2D eigenvalue weighted by atomic mass is 16.5. The first-order valence-electron chi connectivity index (χ1n) is 13.9. The van der Waals surface area contributed by atoms with E-state index < -0.39 is 0 Å². The maximum atomic E-state index is 13.2. The van der Waals surface area contributed by atoms with E-state index in [4.69, 9.17) is 4.74 Å². The van der Waals surface area contributed by atoms with Gasteiger partial charge in [0.25, 0.3) is 0 Å². The number of urea groups is 1. The van der Waals surface area contributed by atoms with E-state index in [-0.39, 0.29) is 6.03 Å². The van der Waals surface area contributed by atoms with Gasteiger partial charge in [-0.05, 0) is 105 Å². The topological polar surface area (TPSA) is 57.7 Å². The summed E-state index contributed by atoms with van der Waals surface area (Å²) in [4.78, 5) is 21.9. The van der Waals surface area contributed by atoms with Crippen molar-refractivity contribution in [2.24, 2.45) is 23.2 Å². The third-order valence-corrected chi connectivity index (χ3v) is 9.04. The van der Waals surface area contributed by atoms with Gasteiger partial charge in [0.05, 0.1) is 13.2 Å². The quantitative estimate of drug-likeness (QED) is 0.491. The van der Waals surface area contributed by atoms with E-state index in [1.165, 1.54) is 50.5 Å². The van der Waals surface area contributed by atoms with E-state index in [0.29, 0.717) is 5.41 Å². The predicted molar refractivity (Wildman–Crippen MR) is 135 cm³/mol. The van der Waals surface area contributed by atoms with Gasteiger partial charge in [0, 0.05) is 51.7 Å². The Morgan fingerprint density at radius 1 is 1.03 bits per heavy atom. The summed E-state index contributed by atoms with van der Waals surface area (Å²) in [5, 5.41) is 3.24. The Balaban J connectivity index is 1.12. The third-order valence-electron chi connectivity index (χ3n) is 9.04. The highest BCUT2D eigenvalue weighted by Crippen LogP contribution is 2.61. The third kappa shape index (κ3) is 6.31. The van der Waals surface area contributed by atoms with Crippen molar-refractivity contribution in [1.82, 2.24) is 20.1 Å². The van der Waals surface area contributed by atoms with Crippen LogP contribution in [0.2, 0.25) is 0 Å². The van der Waals surface area contributed by atoms with Gasteiger partial charge < -0.3 is 15.0 Å². The van der Waals surface area contributed by atoms with Crippen molar-refractivity contribution in [2.75, 3.05) is 52.5 Å². The number of rotatable bonds is 11. The highest BCUT2D eigenvalue weighted by Gasteiger charge is 2.50. The van der Waals surface area contributed by atoms with Crippen molar-refractivity contribution in [3.63, 3.8) is 0 Å². The summed E-state index contributed by atoms with van der Waals surface area (Å²) in [5.41, 5.74) is 1.81. The number of aromatic nitrogens is 1. The van der Waals surface area contributed by atoms with Gasteiger partial charge in [-0.1, -0.05) is 0 Å². The van der Waals surface area contributed by atoms with Gasteiger partial charge in [0.2, 0.25) is 0 Å². The number of ether oxygens (including phenoxy) is 1. The lowest BCUT2D eigenvalue weighted by atomic mass is 9.49. The largest absolute Gasteiger partial charge is 0.379 e. The Morgan fingerprint density at radius 3 is 2.38 bits per heavy atom. The number of amides is 2. The van der Waals surface area contributed by atoms with Crippen LogP contribution >= 0.6 is 0 Å². The maximum Gasteiger partial charge on any atom is 0.317 e. The SMILES string of the molecule is O=C(NCCCc1ccncc1)N(CCCN1CCOCC1)CCC12CC3CC(CC(C3)C1)C2. The number of morpholine rings is 1. The van der Waals surface area contributed by atoms with Crippen LogP contribution in [0.3, 0.4) is 0 Å². The zero-order chi connectivity index (χ0) is 23.2. The molecular formula is C28H44N4O2. The van der Waals surface area contributed by atoms with Crippen molar-refractivity contribution < 1.29 is 9.53 Å². The molecule has 188 valence electrons. The fourth-order valence-corrected chi connectivity index (χ4v) is 7.74. The molecule has 1 aromatic heterocycles. The molecule has 1 N–H and O–H groups in total. The van der Waals surface area contributed by atoms with Crippen LogP contribution in [0.25, 0.3) is 0 Å². The van der Waals surface area contributed by atoms with Gasteiger partial charge in [-0.2, -0.15) is 0 Å². The lowest BCUT2D eigenvalue weighted by Gasteiger charge is -2.57. The van der Waals surface area contributed by atoms with Crippen molar-refractivity contribution >= 4 is 6.03 Å². The molecular weight excluding hydrogens is 424 g/mol. The van der Waals surface area contributed by atoms with Crippen molar-refractivity contribution in [2.45, 2.75) is 64.2 Å². The molecule has 6 rings (SSSR count). The van der Waals surface area contributed by atoms with Crippen LogP contribution in [0.1, 0.15) is 63.4 Å². The van der Waals surface area contributed by atoms with Crippen LogP contribution in [0.15, 0.2) is 24.5 Å². The molecule has 1 aromatic rings. The molecule has 6 heteroatoms. The Kier molecular flexibility index (Phi) is 8.05. The summed E-state index contributed by atoms with van der Waals surface area (Å²) in [7, 11) is 0. The van der Waals surface area contributed by atoms with Gasteiger partial charge in [0.1, 0.15) is 0 Å². The summed E-state index contributed by atoms with van der Waals surface area (Å²) >= 11 is 0. The standard InChI is InChI=1S/C28H44N4O2/c33-27(30-7-1-3-23-4-8-29-9-5-23)32(11-2-10-31-13-15-34-16-14-31)12-6-28-20-24-17-25(21-28)19-26(18-24)22-28/h4-5,8-9,24-26H,1-3,6-7,10-22H2,(H,30,33). The highest BCUT2D eigenvalue weighted by molar-refractivity contribution is 5.74. The molecule has 1 saturated heterocycles. The first-order chi connectivity index (χ1) is 16.7. The van der Waals surface area contributed by atoms with E-state index in [1.807, 2.05) is 12.4 Å². The van der Waals surface area contributed by atoms with E-state index >= 15 is 0 Å². The number of nitrogens with one attached hydrogen (secondary N) is 1. The van der Waals surface area contributed by atoms with E-state index in [9.17, 15) is 4.79 Å². The minimum Gasteiger partial charge on any atom is -0.379 e. The van der Waals surface area contributed by atoms with Crippen molar-refractivity contribution in [1.29, 1.82) is 0 Å². The molecule has 1 aliphatic heterocycles. The number of carbonyl (C=O) groups excluding carboxylic acids is 1. The van der Waals surface area contributed by atoms with Crippen LogP contribution < -0.4 is 5.32 Å². The second-order valence-corrected chi connectivity index (χ2v) is 11.7. The fraction of sp³-hybridized carbons (Fsp3) is 0.786. The van der Waals surface area contributed by atoms with Crippen LogP contribution in [-0.4, -0.2) is 73.3 Å². The van der Waals surface area contributed by atoms with Gasteiger partial charge in [-0.15, -0.1) is 0 Å². The lowest BCUT2D eigenvalue weighted by Crippen LogP contribution is -2.49. The Morgan fingerprint density at radius 2 is 1.71 bits per heavy atom. The van der Waals surface area contributed by atoms with Crippen LogP contribution in [0, 0.1) is 23.2 Å². The van der Waals surface area contributed by atoms with Gasteiger partial charge in [0.15, 0.2) is 0 Å². The lowest BCUT2D eigenvalue weighted by molar-refractivity contribution is -0.0597. The van der Waals surface area contributed by atoms with Crippen LogP contribution in [-0.2, 0) is 11.2 Å². The summed E-state index contributed by atoms with van der Waals surface area (Å²) in [6, 6.07) is 4.26. The number of hydrogen-bond donors (Lipinski definition) is 1.